The molecule has 0 bridgehead atoms. The molecule has 2 aliphatic rings. The smallest absolute Gasteiger partial charge is 0.254 e. The van der Waals surface area contributed by atoms with Crippen molar-refractivity contribution in [2.75, 3.05) is 6.54 Å². The van der Waals surface area contributed by atoms with Crippen LogP contribution in [-0.4, -0.2) is 23.4 Å². The van der Waals surface area contributed by atoms with Crippen LogP contribution in [0.15, 0.2) is 48.5 Å². The van der Waals surface area contributed by atoms with Crippen LogP contribution >= 0.6 is 0 Å². The van der Waals surface area contributed by atoms with Gasteiger partial charge in [-0.05, 0) is 73.8 Å². The van der Waals surface area contributed by atoms with Crippen molar-refractivity contribution in [1.82, 2.24) is 4.90 Å². The van der Waals surface area contributed by atoms with Crippen molar-refractivity contribution in [2.45, 2.75) is 51.0 Å². The number of benzene rings is 2. The third-order valence-electron chi connectivity index (χ3n) is 5.55. The van der Waals surface area contributed by atoms with Gasteiger partial charge in [-0.2, -0.15) is 0 Å². The largest absolute Gasteiger partial charge is 0.335 e. The molecule has 1 unspecified atom stereocenters. The van der Waals surface area contributed by atoms with Crippen molar-refractivity contribution in [3.8, 4) is 0 Å². The van der Waals surface area contributed by atoms with E-state index in [9.17, 15) is 4.79 Å². The molecule has 1 heterocycles. The zero-order chi connectivity index (χ0) is 16.4. The van der Waals surface area contributed by atoms with Crippen LogP contribution in [0.1, 0.15) is 52.7 Å². The third-order valence-corrected chi connectivity index (χ3v) is 5.55. The van der Waals surface area contributed by atoms with Crippen molar-refractivity contribution < 1.29 is 4.79 Å². The van der Waals surface area contributed by atoms with E-state index in [0.717, 1.165) is 37.8 Å². The maximum Gasteiger partial charge on any atom is 0.254 e. The van der Waals surface area contributed by atoms with E-state index in [1.165, 1.54) is 36.0 Å². The molecule has 0 saturated carbocycles. The molecule has 2 aromatic rings. The zero-order valence-electron chi connectivity index (χ0n) is 14.2. The Morgan fingerprint density at radius 2 is 1.75 bits per heavy atom. The number of amides is 1. The van der Waals surface area contributed by atoms with Crippen molar-refractivity contribution in [3.05, 3.63) is 70.8 Å². The van der Waals surface area contributed by atoms with E-state index in [1.54, 1.807) is 0 Å². The molecular weight excluding hydrogens is 294 g/mol. The van der Waals surface area contributed by atoms with Crippen LogP contribution in [0.3, 0.4) is 0 Å². The van der Waals surface area contributed by atoms with E-state index in [2.05, 4.69) is 41.3 Å². The summed E-state index contributed by atoms with van der Waals surface area (Å²) in [6, 6.07) is 17.3. The molecule has 2 nitrogen and oxygen atoms in total. The van der Waals surface area contributed by atoms with Crippen molar-refractivity contribution >= 4 is 5.91 Å². The number of hydrogen-bond donors (Lipinski definition) is 0. The summed E-state index contributed by atoms with van der Waals surface area (Å²) in [5.74, 6) is 0.224. The van der Waals surface area contributed by atoms with Crippen LogP contribution in [0, 0.1) is 0 Å². The second kappa shape index (κ2) is 6.80. The highest BCUT2D eigenvalue weighted by molar-refractivity contribution is 5.95. The summed E-state index contributed by atoms with van der Waals surface area (Å²) in [6.07, 6.45) is 8.04. The lowest BCUT2D eigenvalue weighted by Gasteiger charge is -2.26. The molecule has 2 heteroatoms. The van der Waals surface area contributed by atoms with Crippen LogP contribution in [-0.2, 0) is 19.3 Å². The molecule has 1 amide bonds. The number of hydrogen-bond acceptors (Lipinski definition) is 1. The molecule has 1 aliphatic carbocycles. The fourth-order valence-electron chi connectivity index (χ4n) is 4.23. The second-order valence-electron chi connectivity index (χ2n) is 7.17. The maximum atomic E-state index is 13.1. The highest BCUT2D eigenvalue weighted by atomic mass is 16.2. The van der Waals surface area contributed by atoms with Crippen LogP contribution in [0.2, 0.25) is 0 Å². The van der Waals surface area contributed by atoms with Gasteiger partial charge in [0.25, 0.3) is 5.91 Å². The summed E-state index contributed by atoms with van der Waals surface area (Å²) in [5, 5.41) is 0. The Bertz CT molecular complexity index is 722. The minimum absolute atomic E-state index is 0.224. The van der Waals surface area contributed by atoms with Gasteiger partial charge in [-0.1, -0.05) is 36.4 Å². The monoisotopic (exact) mass is 319 g/mol. The first-order valence-corrected chi connectivity index (χ1v) is 9.28. The van der Waals surface area contributed by atoms with Gasteiger partial charge in [0, 0.05) is 18.2 Å². The van der Waals surface area contributed by atoms with Crippen molar-refractivity contribution in [1.29, 1.82) is 0 Å². The fourth-order valence-corrected chi connectivity index (χ4v) is 4.23. The second-order valence-corrected chi connectivity index (χ2v) is 7.17. The van der Waals surface area contributed by atoms with E-state index in [-0.39, 0.29) is 5.91 Å². The number of aryl methyl sites for hydroxylation is 2. The Morgan fingerprint density at radius 1 is 0.958 bits per heavy atom. The molecule has 124 valence electrons. The Morgan fingerprint density at radius 3 is 2.58 bits per heavy atom. The molecule has 1 aliphatic heterocycles. The van der Waals surface area contributed by atoms with Gasteiger partial charge in [0.2, 0.25) is 0 Å². The molecule has 0 radical (unpaired) electrons. The number of carbonyl (C=O) groups excluding carboxylic acids is 1. The molecule has 2 aromatic carbocycles. The van der Waals surface area contributed by atoms with E-state index >= 15 is 0 Å². The van der Waals surface area contributed by atoms with E-state index in [0.29, 0.717) is 6.04 Å². The van der Waals surface area contributed by atoms with Gasteiger partial charge in [0.15, 0.2) is 0 Å². The predicted octanol–water partition coefficient (Wildman–Crippen LogP) is 4.41. The first-order chi connectivity index (χ1) is 11.8. The molecule has 0 aromatic heterocycles. The lowest BCUT2D eigenvalue weighted by atomic mass is 9.90. The summed E-state index contributed by atoms with van der Waals surface area (Å²) in [5.41, 5.74) is 5.05. The van der Waals surface area contributed by atoms with Gasteiger partial charge in [0.1, 0.15) is 0 Å². The normalized spacial score (nSPS) is 20.0. The van der Waals surface area contributed by atoms with E-state index in [4.69, 9.17) is 0 Å². The van der Waals surface area contributed by atoms with Gasteiger partial charge in [0.05, 0.1) is 0 Å². The highest BCUT2D eigenvalue weighted by Crippen LogP contribution is 2.26. The molecule has 4 rings (SSSR count). The molecule has 0 N–H and O–H groups in total. The number of carbonyl (C=O) groups is 1. The van der Waals surface area contributed by atoms with Crippen LogP contribution in [0.4, 0.5) is 0 Å². The summed E-state index contributed by atoms with van der Waals surface area (Å²) in [4.78, 5) is 15.2. The fraction of sp³-hybridized carbons (Fsp3) is 0.409. The predicted molar refractivity (Wildman–Crippen MR) is 97.3 cm³/mol. The SMILES string of the molecule is O=C(c1ccc2c(c1)CCCC2)N1CCCC1Cc1ccccc1. The average molecular weight is 319 g/mol. The first kappa shape index (κ1) is 15.4. The average Bonchev–Trinajstić information content (AvgIpc) is 3.09. The van der Waals surface area contributed by atoms with E-state index < -0.39 is 0 Å². The quantitative estimate of drug-likeness (QED) is 0.820. The summed E-state index contributed by atoms with van der Waals surface area (Å²) < 4.78 is 0. The number of likely N-dealkylation sites (tertiary alicyclic amines) is 1. The van der Waals surface area contributed by atoms with Crippen molar-refractivity contribution in [3.63, 3.8) is 0 Å². The third kappa shape index (κ3) is 3.10. The molecule has 24 heavy (non-hydrogen) atoms. The Hall–Kier alpha value is -2.09. The molecule has 1 saturated heterocycles. The molecule has 1 fully saturated rings. The topological polar surface area (TPSA) is 20.3 Å². The van der Waals surface area contributed by atoms with Crippen LogP contribution < -0.4 is 0 Å². The number of nitrogens with zero attached hydrogens (tertiary/aromatic N) is 1. The zero-order valence-corrected chi connectivity index (χ0v) is 14.2. The van der Waals surface area contributed by atoms with Crippen LogP contribution in [0.5, 0.6) is 0 Å². The van der Waals surface area contributed by atoms with E-state index in [1.807, 2.05) is 12.1 Å². The first-order valence-electron chi connectivity index (χ1n) is 9.28. The summed E-state index contributed by atoms with van der Waals surface area (Å²) in [6.45, 7) is 0.896. The number of rotatable bonds is 3. The molecule has 0 spiro atoms. The Balaban J connectivity index is 1.52. The van der Waals surface area contributed by atoms with Gasteiger partial charge < -0.3 is 4.90 Å². The van der Waals surface area contributed by atoms with Gasteiger partial charge in [-0.25, -0.2) is 0 Å². The van der Waals surface area contributed by atoms with Crippen LogP contribution in [0.25, 0.3) is 0 Å². The number of fused-ring (bicyclic) bond motifs is 1. The van der Waals surface area contributed by atoms with Gasteiger partial charge in [-0.3, -0.25) is 4.79 Å². The minimum Gasteiger partial charge on any atom is -0.335 e. The lowest BCUT2D eigenvalue weighted by Crippen LogP contribution is -2.36. The lowest BCUT2D eigenvalue weighted by molar-refractivity contribution is 0.0736. The summed E-state index contributed by atoms with van der Waals surface area (Å²) >= 11 is 0. The Labute approximate surface area is 144 Å². The highest BCUT2D eigenvalue weighted by Gasteiger charge is 2.29. The molecular formula is C22H25NO. The summed E-state index contributed by atoms with van der Waals surface area (Å²) in [7, 11) is 0. The molecule has 1 atom stereocenters. The Kier molecular flexibility index (Phi) is 4.38. The van der Waals surface area contributed by atoms with Gasteiger partial charge in [-0.15, -0.1) is 0 Å². The van der Waals surface area contributed by atoms with Gasteiger partial charge >= 0.3 is 0 Å². The van der Waals surface area contributed by atoms with Crippen molar-refractivity contribution in [2.24, 2.45) is 0 Å². The standard InChI is InChI=1S/C22H25NO/c24-22(20-13-12-18-9-4-5-10-19(18)16-20)23-14-6-11-21(23)15-17-7-2-1-3-8-17/h1-3,7-8,12-13,16,21H,4-6,9-11,14-15H2. The maximum absolute atomic E-state index is 13.1. The minimum atomic E-state index is 0.224.